The molecule has 1 aliphatic heterocycles. The molecule has 1 aromatic heterocycles. The molecule has 0 radical (unpaired) electrons. The minimum Gasteiger partial charge on any atom is -0.494 e. The quantitative estimate of drug-likeness (QED) is 0.380. The lowest BCUT2D eigenvalue weighted by Crippen LogP contribution is -2.40. The van der Waals surface area contributed by atoms with E-state index in [0.717, 1.165) is 28.9 Å². The second-order valence-electron chi connectivity index (χ2n) is 8.63. The summed E-state index contributed by atoms with van der Waals surface area (Å²) in [6, 6.07) is 19.4. The molecule has 5 rings (SSSR count). The number of carbonyl (C=O) groups is 1. The van der Waals surface area contributed by atoms with E-state index in [1.807, 2.05) is 42.2 Å². The van der Waals surface area contributed by atoms with Crippen LogP contribution in [0.15, 0.2) is 60.7 Å². The summed E-state index contributed by atoms with van der Waals surface area (Å²) < 4.78 is 22.3. The van der Waals surface area contributed by atoms with Gasteiger partial charge >= 0.3 is 0 Å². The Hall–Kier alpha value is -4.13. The molecule has 186 valence electrons. The number of aromatic amines is 1. The van der Waals surface area contributed by atoms with E-state index in [0.29, 0.717) is 36.0 Å². The van der Waals surface area contributed by atoms with Crippen molar-refractivity contribution >= 4 is 16.8 Å². The van der Waals surface area contributed by atoms with Crippen molar-refractivity contribution in [2.45, 2.75) is 19.4 Å². The fourth-order valence-electron chi connectivity index (χ4n) is 5.12. The number of benzene rings is 3. The number of nitrogens with zero attached hydrogens (tertiary/aromatic N) is 1. The molecule has 0 bridgehead atoms. The molecule has 2 heterocycles. The maximum atomic E-state index is 14.1. The highest BCUT2D eigenvalue weighted by Gasteiger charge is 2.35. The number of para-hydroxylation sites is 1. The van der Waals surface area contributed by atoms with Gasteiger partial charge in [0.2, 0.25) is 5.75 Å². The summed E-state index contributed by atoms with van der Waals surface area (Å²) in [5, 5.41) is 1.19. The van der Waals surface area contributed by atoms with Crippen LogP contribution in [0.25, 0.3) is 10.9 Å². The number of aromatic nitrogens is 1. The van der Waals surface area contributed by atoms with Crippen LogP contribution in [0.4, 0.5) is 0 Å². The van der Waals surface area contributed by atoms with Crippen molar-refractivity contribution in [2.75, 3.05) is 34.5 Å². The Morgan fingerprint density at radius 2 is 1.72 bits per heavy atom. The molecule has 0 aliphatic carbocycles. The number of nitrogens with one attached hydrogen (secondary N) is 1. The maximum Gasteiger partial charge on any atom is 0.254 e. The van der Waals surface area contributed by atoms with Crippen molar-refractivity contribution in [3.63, 3.8) is 0 Å². The first-order chi connectivity index (χ1) is 17.6. The molecule has 36 heavy (non-hydrogen) atoms. The fraction of sp³-hybridized carbons (Fsp3) is 0.276. The van der Waals surface area contributed by atoms with Crippen LogP contribution in [-0.4, -0.2) is 50.3 Å². The number of carbonyl (C=O) groups excluding carboxylic acids is 1. The zero-order chi connectivity index (χ0) is 25.2. The molecule has 0 spiro atoms. The molecule has 0 fully saturated rings. The lowest BCUT2D eigenvalue weighted by Gasteiger charge is -2.36. The summed E-state index contributed by atoms with van der Waals surface area (Å²) >= 11 is 0. The number of ether oxygens (including phenoxy) is 4. The van der Waals surface area contributed by atoms with E-state index in [9.17, 15) is 4.79 Å². The second kappa shape index (κ2) is 9.85. The molecule has 0 saturated heterocycles. The molecule has 1 amide bonds. The molecule has 1 atom stereocenters. The molecular weight excluding hydrogens is 456 g/mol. The summed E-state index contributed by atoms with van der Waals surface area (Å²) in [6.45, 7) is 3.09. The van der Waals surface area contributed by atoms with Gasteiger partial charge in [-0.3, -0.25) is 4.79 Å². The first-order valence-electron chi connectivity index (χ1n) is 12.0. The third kappa shape index (κ3) is 4.00. The third-order valence-electron chi connectivity index (χ3n) is 6.69. The van der Waals surface area contributed by atoms with Crippen LogP contribution < -0.4 is 18.9 Å². The van der Waals surface area contributed by atoms with Crippen LogP contribution in [0, 0.1) is 0 Å². The fourth-order valence-corrected chi connectivity index (χ4v) is 5.12. The SMILES string of the molecule is CCOc1cccc([C@@H]2c3[nH]c4ccccc4c3CCN2C(=O)c2cc(OC)c(OC)c(OC)c2)c1. The molecule has 0 unspecified atom stereocenters. The van der Waals surface area contributed by atoms with Gasteiger partial charge < -0.3 is 28.8 Å². The van der Waals surface area contributed by atoms with E-state index in [2.05, 4.69) is 23.2 Å². The first-order valence-corrected chi connectivity index (χ1v) is 12.0. The Morgan fingerprint density at radius 3 is 2.42 bits per heavy atom. The van der Waals surface area contributed by atoms with Gasteiger partial charge in [0, 0.05) is 28.7 Å². The van der Waals surface area contributed by atoms with Crippen LogP contribution in [0.2, 0.25) is 0 Å². The zero-order valence-electron chi connectivity index (χ0n) is 21.0. The van der Waals surface area contributed by atoms with E-state index in [1.54, 1.807) is 33.5 Å². The van der Waals surface area contributed by atoms with Crippen molar-refractivity contribution in [1.82, 2.24) is 9.88 Å². The van der Waals surface area contributed by atoms with Crippen LogP contribution >= 0.6 is 0 Å². The summed E-state index contributed by atoms with van der Waals surface area (Å²) in [6.07, 6.45) is 0.747. The predicted molar refractivity (Wildman–Crippen MR) is 139 cm³/mol. The highest BCUT2D eigenvalue weighted by atomic mass is 16.5. The topological polar surface area (TPSA) is 73.0 Å². The molecular formula is C29H30N2O5. The van der Waals surface area contributed by atoms with Gasteiger partial charge in [0.1, 0.15) is 5.75 Å². The van der Waals surface area contributed by atoms with Crippen molar-refractivity contribution in [2.24, 2.45) is 0 Å². The van der Waals surface area contributed by atoms with Gasteiger partial charge in [-0.05, 0) is 54.8 Å². The van der Waals surface area contributed by atoms with Crippen molar-refractivity contribution in [3.05, 3.63) is 83.0 Å². The van der Waals surface area contributed by atoms with Crippen LogP contribution in [0.3, 0.4) is 0 Å². The number of amides is 1. The van der Waals surface area contributed by atoms with Gasteiger partial charge in [-0.15, -0.1) is 0 Å². The monoisotopic (exact) mass is 486 g/mol. The highest BCUT2D eigenvalue weighted by molar-refractivity contribution is 5.97. The summed E-state index contributed by atoms with van der Waals surface area (Å²) in [5.41, 5.74) is 4.78. The van der Waals surface area contributed by atoms with Crippen LogP contribution in [0.1, 0.15) is 40.1 Å². The van der Waals surface area contributed by atoms with Gasteiger partial charge in [0.25, 0.3) is 5.91 Å². The number of hydrogen-bond acceptors (Lipinski definition) is 5. The van der Waals surface area contributed by atoms with E-state index in [-0.39, 0.29) is 11.9 Å². The Labute approximate surface area is 210 Å². The number of rotatable bonds is 7. The van der Waals surface area contributed by atoms with Crippen LogP contribution in [-0.2, 0) is 6.42 Å². The molecule has 7 heteroatoms. The van der Waals surface area contributed by atoms with Gasteiger partial charge in [-0.25, -0.2) is 0 Å². The molecule has 7 nitrogen and oxygen atoms in total. The normalized spacial score (nSPS) is 14.9. The van der Waals surface area contributed by atoms with Gasteiger partial charge in [-0.1, -0.05) is 30.3 Å². The minimum atomic E-state index is -0.312. The summed E-state index contributed by atoms with van der Waals surface area (Å²) in [4.78, 5) is 19.6. The third-order valence-corrected chi connectivity index (χ3v) is 6.69. The Kier molecular flexibility index (Phi) is 6.46. The van der Waals surface area contributed by atoms with Gasteiger partial charge in [0.05, 0.1) is 34.0 Å². The number of methoxy groups -OCH3 is 3. The smallest absolute Gasteiger partial charge is 0.254 e. The van der Waals surface area contributed by atoms with E-state index in [4.69, 9.17) is 18.9 Å². The van der Waals surface area contributed by atoms with Crippen molar-refractivity contribution < 1.29 is 23.7 Å². The van der Waals surface area contributed by atoms with Crippen LogP contribution in [0.5, 0.6) is 23.0 Å². The van der Waals surface area contributed by atoms with E-state index >= 15 is 0 Å². The Morgan fingerprint density at radius 1 is 0.972 bits per heavy atom. The van der Waals surface area contributed by atoms with Crippen molar-refractivity contribution in [1.29, 1.82) is 0 Å². The van der Waals surface area contributed by atoms with Gasteiger partial charge in [-0.2, -0.15) is 0 Å². The minimum absolute atomic E-state index is 0.120. The lowest BCUT2D eigenvalue weighted by atomic mass is 9.91. The molecule has 1 aliphatic rings. The number of H-pyrrole nitrogens is 1. The standard InChI is InChI=1S/C29H30N2O5/c1-5-36-20-10-8-9-18(15-20)27-26-22(21-11-6-7-12-23(21)30-26)13-14-31(27)29(32)19-16-24(33-2)28(35-4)25(17-19)34-3/h6-12,15-17,27,30H,5,13-14H2,1-4H3/t27-/m1/s1. The highest BCUT2D eigenvalue weighted by Crippen LogP contribution is 2.42. The zero-order valence-corrected chi connectivity index (χ0v) is 21.0. The van der Waals surface area contributed by atoms with Gasteiger partial charge in [0.15, 0.2) is 11.5 Å². The molecule has 1 N–H and O–H groups in total. The van der Waals surface area contributed by atoms with E-state index in [1.165, 1.54) is 10.9 Å². The largest absolute Gasteiger partial charge is 0.494 e. The second-order valence-corrected chi connectivity index (χ2v) is 8.63. The average Bonchev–Trinajstić information content (AvgIpc) is 3.30. The lowest BCUT2D eigenvalue weighted by molar-refractivity contribution is 0.0691. The predicted octanol–water partition coefficient (Wildman–Crippen LogP) is 5.38. The molecule has 0 saturated carbocycles. The summed E-state index contributed by atoms with van der Waals surface area (Å²) in [5.74, 6) is 2.00. The molecule has 3 aromatic carbocycles. The van der Waals surface area contributed by atoms with E-state index < -0.39 is 0 Å². The Bertz CT molecular complexity index is 1390. The maximum absolute atomic E-state index is 14.1. The molecule has 4 aromatic rings. The summed E-state index contributed by atoms with van der Waals surface area (Å²) in [7, 11) is 4.64. The number of hydrogen-bond donors (Lipinski definition) is 1. The first kappa shape index (κ1) is 23.6. The number of fused-ring (bicyclic) bond motifs is 3. The average molecular weight is 487 g/mol. The Balaban J connectivity index is 1.65. The van der Waals surface area contributed by atoms with Crippen molar-refractivity contribution in [3.8, 4) is 23.0 Å².